The zero-order chi connectivity index (χ0) is 21.0. The predicted molar refractivity (Wildman–Crippen MR) is 115 cm³/mol. The Morgan fingerprint density at radius 2 is 1.69 bits per heavy atom. The molecule has 0 radical (unpaired) electrons. The topological polar surface area (TPSA) is 82.3 Å². The molecule has 2 N–H and O–H groups in total. The summed E-state index contributed by atoms with van der Waals surface area (Å²) in [6.45, 7) is 6.83. The molecule has 154 valence electrons. The second-order valence-electron chi connectivity index (χ2n) is 6.96. The summed E-state index contributed by atoms with van der Waals surface area (Å²) in [5.41, 5.74) is 3.87. The average molecular weight is 414 g/mol. The summed E-state index contributed by atoms with van der Waals surface area (Å²) in [4.78, 5) is 16.0. The van der Waals surface area contributed by atoms with Crippen molar-refractivity contribution in [1.29, 1.82) is 0 Å². The van der Waals surface area contributed by atoms with Crippen molar-refractivity contribution in [2.75, 3.05) is 13.1 Å². The van der Waals surface area contributed by atoms with Crippen LogP contribution in [0, 0.1) is 6.92 Å². The van der Waals surface area contributed by atoms with Crippen molar-refractivity contribution in [3.63, 3.8) is 0 Å². The molecule has 0 aliphatic rings. The molecule has 0 fully saturated rings. The number of benzene rings is 2. The molecule has 3 aromatic rings. The molecule has 2 aromatic carbocycles. The van der Waals surface area contributed by atoms with E-state index in [4.69, 9.17) is 0 Å². The van der Waals surface area contributed by atoms with Crippen LogP contribution in [-0.2, 0) is 27.8 Å². The van der Waals surface area contributed by atoms with Crippen LogP contribution >= 0.6 is 0 Å². The fourth-order valence-corrected chi connectivity index (χ4v) is 4.94. The van der Waals surface area contributed by atoms with Gasteiger partial charge in [0.2, 0.25) is 15.9 Å². The first kappa shape index (κ1) is 21.1. The van der Waals surface area contributed by atoms with Crippen LogP contribution in [0.5, 0.6) is 0 Å². The molecular weight excluding hydrogens is 386 g/mol. The summed E-state index contributed by atoms with van der Waals surface area (Å²) in [6, 6.07) is 14.6. The Kier molecular flexibility index (Phi) is 6.39. The van der Waals surface area contributed by atoms with Gasteiger partial charge in [0.25, 0.3) is 0 Å². The molecule has 0 saturated heterocycles. The first-order chi connectivity index (χ1) is 13.9. The Morgan fingerprint density at radius 1 is 1.03 bits per heavy atom. The van der Waals surface area contributed by atoms with Gasteiger partial charge < -0.3 is 10.3 Å². The third-order valence-corrected chi connectivity index (χ3v) is 7.18. The van der Waals surface area contributed by atoms with E-state index in [1.54, 1.807) is 24.3 Å². The third-order valence-electron chi connectivity index (χ3n) is 5.12. The van der Waals surface area contributed by atoms with Crippen LogP contribution in [0.4, 0.5) is 0 Å². The van der Waals surface area contributed by atoms with Crippen LogP contribution in [-0.4, -0.2) is 36.7 Å². The fourth-order valence-electron chi connectivity index (χ4n) is 3.48. The smallest absolute Gasteiger partial charge is 0.243 e. The van der Waals surface area contributed by atoms with Gasteiger partial charge in [0.05, 0.1) is 11.3 Å². The molecule has 0 spiro atoms. The number of amides is 1. The lowest BCUT2D eigenvalue weighted by atomic mass is 10.1. The quantitative estimate of drug-likeness (QED) is 0.594. The number of hydrogen-bond donors (Lipinski definition) is 2. The Balaban J connectivity index is 1.64. The zero-order valence-electron chi connectivity index (χ0n) is 17.0. The first-order valence-corrected chi connectivity index (χ1v) is 11.2. The van der Waals surface area contributed by atoms with Gasteiger partial charge in [-0.15, -0.1) is 0 Å². The molecular formula is C22H27N3O3S. The van der Waals surface area contributed by atoms with E-state index in [1.807, 2.05) is 45.0 Å². The summed E-state index contributed by atoms with van der Waals surface area (Å²) in [5, 5.41) is 3.98. The second-order valence-corrected chi connectivity index (χ2v) is 8.90. The minimum Gasteiger partial charge on any atom is -0.358 e. The molecule has 3 rings (SSSR count). The maximum absolute atomic E-state index is 12.5. The van der Waals surface area contributed by atoms with E-state index < -0.39 is 10.0 Å². The van der Waals surface area contributed by atoms with Crippen LogP contribution in [0.2, 0.25) is 0 Å². The summed E-state index contributed by atoms with van der Waals surface area (Å²) >= 11 is 0. The van der Waals surface area contributed by atoms with Crippen molar-refractivity contribution in [3.05, 3.63) is 65.4 Å². The van der Waals surface area contributed by atoms with E-state index in [2.05, 4.69) is 10.3 Å². The van der Waals surface area contributed by atoms with E-state index in [0.29, 0.717) is 26.1 Å². The van der Waals surface area contributed by atoms with Crippen molar-refractivity contribution in [3.8, 4) is 0 Å². The number of rotatable bonds is 8. The second kappa shape index (κ2) is 8.80. The number of nitrogens with zero attached hydrogens (tertiary/aromatic N) is 1. The van der Waals surface area contributed by atoms with Gasteiger partial charge in [0.1, 0.15) is 0 Å². The van der Waals surface area contributed by atoms with Crippen molar-refractivity contribution >= 4 is 26.8 Å². The molecule has 6 nitrogen and oxygen atoms in total. The van der Waals surface area contributed by atoms with Crippen LogP contribution in [0.25, 0.3) is 10.9 Å². The van der Waals surface area contributed by atoms with Crippen LogP contribution in [0.15, 0.2) is 53.4 Å². The summed E-state index contributed by atoms with van der Waals surface area (Å²) in [6.07, 6.45) is 0.296. The van der Waals surface area contributed by atoms with Gasteiger partial charge >= 0.3 is 0 Å². The van der Waals surface area contributed by atoms with Gasteiger partial charge in [-0.25, -0.2) is 8.42 Å². The van der Waals surface area contributed by atoms with Crippen molar-refractivity contribution in [2.24, 2.45) is 0 Å². The van der Waals surface area contributed by atoms with Crippen LogP contribution < -0.4 is 5.32 Å². The Labute approximate surface area is 172 Å². The number of aryl methyl sites for hydroxylation is 1. The molecule has 1 aromatic heterocycles. The minimum absolute atomic E-state index is 0.0716. The lowest BCUT2D eigenvalue weighted by Crippen LogP contribution is -2.30. The molecule has 0 saturated carbocycles. The standard InChI is InChI=1S/C22H27N3O3S/c1-4-25(5-2)29(27,28)18-12-10-17(11-13-18)15-23-22(26)14-20-16(3)24-21-9-7-6-8-19(20)21/h6-13,24H,4-5,14-15H2,1-3H3,(H,23,26). The Hall–Kier alpha value is -2.64. The number of carbonyl (C=O) groups is 1. The third kappa shape index (κ3) is 4.52. The van der Waals surface area contributed by atoms with Crippen LogP contribution in [0.1, 0.15) is 30.7 Å². The molecule has 29 heavy (non-hydrogen) atoms. The molecule has 7 heteroatoms. The number of H-pyrrole nitrogens is 1. The average Bonchev–Trinajstić information content (AvgIpc) is 3.02. The highest BCUT2D eigenvalue weighted by Gasteiger charge is 2.21. The molecule has 0 bridgehead atoms. The lowest BCUT2D eigenvalue weighted by molar-refractivity contribution is -0.120. The van der Waals surface area contributed by atoms with Gasteiger partial charge in [-0.2, -0.15) is 4.31 Å². The number of aromatic amines is 1. The fraction of sp³-hybridized carbons (Fsp3) is 0.318. The van der Waals surface area contributed by atoms with E-state index in [-0.39, 0.29) is 10.8 Å². The van der Waals surface area contributed by atoms with Gasteiger partial charge in [0.15, 0.2) is 0 Å². The highest BCUT2D eigenvalue weighted by Crippen LogP contribution is 2.22. The number of carbonyl (C=O) groups excluding carboxylic acids is 1. The highest BCUT2D eigenvalue weighted by atomic mass is 32.2. The van der Waals surface area contributed by atoms with Gasteiger partial charge in [-0.1, -0.05) is 44.2 Å². The van der Waals surface area contributed by atoms with E-state index in [0.717, 1.165) is 27.7 Å². The molecule has 1 amide bonds. The van der Waals surface area contributed by atoms with E-state index in [1.165, 1.54) is 4.31 Å². The van der Waals surface area contributed by atoms with E-state index in [9.17, 15) is 13.2 Å². The molecule has 0 aliphatic carbocycles. The normalized spacial score (nSPS) is 11.9. The SMILES string of the molecule is CCN(CC)S(=O)(=O)c1ccc(CNC(=O)Cc2c(C)[nH]c3ccccc23)cc1. The molecule has 1 heterocycles. The minimum atomic E-state index is -3.47. The zero-order valence-corrected chi connectivity index (χ0v) is 17.8. The highest BCUT2D eigenvalue weighted by molar-refractivity contribution is 7.89. The van der Waals surface area contributed by atoms with Gasteiger partial charge in [-0.3, -0.25) is 4.79 Å². The number of hydrogen-bond acceptors (Lipinski definition) is 3. The summed E-state index contributed by atoms with van der Waals surface area (Å²) < 4.78 is 26.5. The van der Waals surface area contributed by atoms with E-state index >= 15 is 0 Å². The number of sulfonamides is 1. The Morgan fingerprint density at radius 3 is 2.34 bits per heavy atom. The summed E-state index contributed by atoms with van der Waals surface area (Å²) in [5.74, 6) is -0.0716. The number of nitrogens with one attached hydrogen (secondary N) is 2. The van der Waals surface area contributed by atoms with Crippen molar-refractivity contribution in [1.82, 2.24) is 14.6 Å². The molecule has 0 aliphatic heterocycles. The van der Waals surface area contributed by atoms with Gasteiger partial charge in [0, 0.05) is 36.2 Å². The predicted octanol–water partition coefficient (Wildman–Crippen LogP) is 3.37. The van der Waals surface area contributed by atoms with Crippen molar-refractivity contribution in [2.45, 2.75) is 38.6 Å². The van der Waals surface area contributed by atoms with Crippen molar-refractivity contribution < 1.29 is 13.2 Å². The number of para-hydroxylation sites is 1. The maximum atomic E-state index is 12.5. The number of aromatic nitrogens is 1. The monoisotopic (exact) mass is 413 g/mol. The molecule has 0 atom stereocenters. The number of fused-ring (bicyclic) bond motifs is 1. The maximum Gasteiger partial charge on any atom is 0.243 e. The lowest BCUT2D eigenvalue weighted by Gasteiger charge is -2.18. The largest absolute Gasteiger partial charge is 0.358 e. The molecule has 0 unspecified atom stereocenters. The van der Waals surface area contributed by atoms with Gasteiger partial charge in [-0.05, 0) is 36.2 Å². The van der Waals surface area contributed by atoms with Crippen LogP contribution in [0.3, 0.4) is 0 Å². The Bertz CT molecular complexity index is 1100. The summed E-state index contributed by atoms with van der Waals surface area (Å²) in [7, 11) is -3.47. The first-order valence-electron chi connectivity index (χ1n) is 9.78.